The molecule has 1 amide bonds. The molecular formula is C23H22N4O3S. The first-order valence-corrected chi connectivity index (χ1v) is 10.8. The van der Waals surface area contributed by atoms with Gasteiger partial charge in [0.25, 0.3) is 5.91 Å². The third kappa shape index (κ3) is 4.34. The Morgan fingerprint density at radius 2 is 2.00 bits per heavy atom. The molecule has 0 saturated carbocycles. The SMILES string of the molecule is CCn1ncc2c(C(=O)NC(CC(=O)OC)c3ccccc3)cc(-c3cccs3)nc21. The molecule has 8 heteroatoms. The van der Waals surface area contributed by atoms with Crippen LogP contribution in [0.3, 0.4) is 0 Å². The van der Waals surface area contributed by atoms with Gasteiger partial charge < -0.3 is 10.1 Å². The molecule has 158 valence electrons. The third-order valence-electron chi connectivity index (χ3n) is 5.03. The smallest absolute Gasteiger partial charge is 0.307 e. The van der Waals surface area contributed by atoms with Crippen molar-refractivity contribution in [2.75, 3.05) is 7.11 Å². The Hall–Kier alpha value is -3.52. The lowest BCUT2D eigenvalue weighted by molar-refractivity contribution is -0.141. The number of nitrogens with one attached hydrogen (secondary N) is 1. The van der Waals surface area contributed by atoms with E-state index in [0.29, 0.717) is 28.8 Å². The summed E-state index contributed by atoms with van der Waals surface area (Å²) in [5.41, 5.74) is 2.67. The number of thiophene rings is 1. The first-order chi connectivity index (χ1) is 15.1. The van der Waals surface area contributed by atoms with Gasteiger partial charge in [0, 0.05) is 6.54 Å². The lowest BCUT2D eigenvalue weighted by atomic mass is 10.0. The van der Waals surface area contributed by atoms with Gasteiger partial charge in [-0.2, -0.15) is 5.10 Å². The molecule has 4 aromatic rings. The molecule has 3 aromatic heterocycles. The number of esters is 1. The monoisotopic (exact) mass is 434 g/mol. The summed E-state index contributed by atoms with van der Waals surface area (Å²) in [4.78, 5) is 31.1. The van der Waals surface area contributed by atoms with Crippen LogP contribution in [0, 0.1) is 0 Å². The van der Waals surface area contributed by atoms with E-state index in [9.17, 15) is 9.59 Å². The summed E-state index contributed by atoms with van der Waals surface area (Å²) in [5.74, 6) is -0.689. The Kier molecular flexibility index (Phi) is 6.08. The molecule has 0 saturated heterocycles. The number of nitrogens with zero attached hydrogens (tertiary/aromatic N) is 3. The summed E-state index contributed by atoms with van der Waals surface area (Å²) < 4.78 is 6.60. The van der Waals surface area contributed by atoms with E-state index in [-0.39, 0.29) is 12.3 Å². The highest BCUT2D eigenvalue weighted by Crippen LogP contribution is 2.28. The zero-order valence-electron chi connectivity index (χ0n) is 17.2. The molecule has 1 atom stereocenters. The van der Waals surface area contributed by atoms with Gasteiger partial charge in [-0.3, -0.25) is 9.59 Å². The zero-order valence-corrected chi connectivity index (χ0v) is 18.1. The number of aromatic nitrogens is 3. The Morgan fingerprint density at radius 3 is 2.68 bits per heavy atom. The molecule has 0 radical (unpaired) electrons. The fourth-order valence-electron chi connectivity index (χ4n) is 3.44. The van der Waals surface area contributed by atoms with E-state index >= 15 is 0 Å². The highest BCUT2D eigenvalue weighted by Gasteiger charge is 2.23. The van der Waals surface area contributed by atoms with E-state index in [2.05, 4.69) is 10.4 Å². The second-order valence-electron chi connectivity index (χ2n) is 6.95. The number of hydrogen-bond donors (Lipinski definition) is 1. The van der Waals surface area contributed by atoms with Gasteiger partial charge >= 0.3 is 5.97 Å². The van der Waals surface area contributed by atoms with E-state index in [1.54, 1.807) is 28.3 Å². The number of carbonyl (C=O) groups excluding carboxylic acids is 2. The van der Waals surface area contributed by atoms with Crippen molar-refractivity contribution in [3.05, 3.63) is 71.2 Å². The largest absolute Gasteiger partial charge is 0.469 e. The topological polar surface area (TPSA) is 86.1 Å². The Morgan fingerprint density at radius 1 is 1.19 bits per heavy atom. The van der Waals surface area contributed by atoms with Gasteiger partial charge in [-0.1, -0.05) is 36.4 Å². The molecule has 1 aromatic carbocycles. The zero-order chi connectivity index (χ0) is 21.8. The molecule has 1 unspecified atom stereocenters. The van der Waals surface area contributed by atoms with Gasteiger partial charge in [0.05, 0.1) is 47.3 Å². The standard InChI is InChI=1S/C23H22N4O3S/c1-3-27-22-17(14-24-27)16(12-19(25-22)20-10-7-11-31-20)23(29)26-18(13-21(28)30-2)15-8-5-4-6-9-15/h4-12,14,18H,3,13H2,1-2H3,(H,26,29). The van der Waals surface area contributed by atoms with Crippen LogP contribution < -0.4 is 5.32 Å². The second-order valence-corrected chi connectivity index (χ2v) is 7.89. The number of amides is 1. The molecule has 0 bridgehead atoms. The number of pyridine rings is 1. The number of rotatable bonds is 7. The van der Waals surface area contributed by atoms with Crippen molar-refractivity contribution in [3.8, 4) is 10.6 Å². The highest BCUT2D eigenvalue weighted by atomic mass is 32.1. The summed E-state index contributed by atoms with van der Waals surface area (Å²) in [6.45, 7) is 2.62. The lowest BCUT2D eigenvalue weighted by Gasteiger charge is -2.19. The van der Waals surface area contributed by atoms with Crippen molar-refractivity contribution >= 4 is 34.2 Å². The Labute approximate surface area is 183 Å². The second kappa shape index (κ2) is 9.09. The number of methoxy groups -OCH3 is 1. The van der Waals surface area contributed by atoms with Crippen molar-refractivity contribution < 1.29 is 14.3 Å². The lowest BCUT2D eigenvalue weighted by Crippen LogP contribution is -2.30. The summed E-state index contributed by atoms with van der Waals surface area (Å²) in [6, 6.07) is 14.6. The third-order valence-corrected chi connectivity index (χ3v) is 5.93. The van der Waals surface area contributed by atoms with Crippen molar-refractivity contribution in [1.29, 1.82) is 0 Å². The van der Waals surface area contributed by atoms with Crippen LogP contribution in [0.15, 0.2) is 60.1 Å². The van der Waals surface area contributed by atoms with Crippen LogP contribution in [-0.4, -0.2) is 33.8 Å². The van der Waals surface area contributed by atoms with Gasteiger partial charge in [-0.25, -0.2) is 9.67 Å². The number of hydrogen-bond acceptors (Lipinski definition) is 6. The van der Waals surface area contributed by atoms with E-state index in [4.69, 9.17) is 9.72 Å². The van der Waals surface area contributed by atoms with Gasteiger partial charge in [-0.15, -0.1) is 11.3 Å². The maximum atomic E-state index is 13.4. The van der Waals surface area contributed by atoms with Crippen LogP contribution in [0.2, 0.25) is 0 Å². The number of ether oxygens (including phenoxy) is 1. The van der Waals surface area contributed by atoms with E-state index in [1.807, 2.05) is 54.8 Å². The molecule has 31 heavy (non-hydrogen) atoms. The molecule has 0 aliphatic carbocycles. The van der Waals surface area contributed by atoms with Gasteiger partial charge in [0.2, 0.25) is 0 Å². The average molecular weight is 435 g/mol. The fraction of sp³-hybridized carbons (Fsp3) is 0.217. The van der Waals surface area contributed by atoms with E-state index < -0.39 is 12.0 Å². The van der Waals surface area contributed by atoms with Crippen LogP contribution in [0.5, 0.6) is 0 Å². The molecule has 1 N–H and O–H groups in total. The Balaban J connectivity index is 1.75. The first-order valence-electron chi connectivity index (χ1n) is 9.93. The first kappa shape index (κ1) is 20.7. The van der Waals surface area contributed by atoms with Gasteiger partial charge in [0.15, 0.2) is 5.65 Å². The quantitative estimate of drug-likeness (QED) is 0.440. The predicted octanol–water partition coefficient (Wildman–Crippen LogP) is 4.21. The molecule has 4 rings (SSSR count). The summed E-state index contributed by atoms with van der Waals surface area (Å²) in [7, 11) is 1.34. The normalized spacial score (nSPS) is 11.9. The number of benzene rings is 1. The predicted molar refractivity (Wildman–Crippen MR) is 120 cm³/mol. The van der Waals surface area contributed by atoms with Gasteiger partial charge in [0.1, 0.15) is 0 Å². The molecule has 0 fully saturated rings. The maximum Gasteiger partial charge on any atom is 0.307 e. The van der Waals surface area contributed by atoms with Crippen LogP contribution in [0.1, 0.15) is 35.3 Å². The minimum Gasteiger partial charge on any atom is -0.469 e. The molecule has 0 aliphatic heterocycles. The van der Waals surface area contributed by atoms with E-state index in [0.717, 1.165) is 10.4 Å². The number of carbonyl (C=O) groups is 2. The van der Waals surface area contributed by atoms with E-state index in [1.165, 1.54) is 7.11 Å². The minimum atomic E-state index is -0.518. The van der Waals surface area contributed by atoms with Crippen LogP contribution in [0.4, 0.5) is 0 Å². The minimum absolute atomic E-state index is 0.0342. The molecule has 7 nitrogen and oxygen atoms in total. The average Bonchev–Trinajstić information content (AvgIpc) is 3.48. The highest BCUT2D eigenvalue weighted by molar-refractivity contribution is 7.13. The molecule has 3 heterocycles. The summed E-state index contributed by atoms with van der Waals surface area (Å²) in [6.07, 6.45) is 1.70. The fourth-order valence-corrected chi connectivity index (χ4v) is 4.13. The Bertz CT molecular complexity index is 1200. The van der Waals surface area contributed by atoms with Crippen LogP contribution in [0.25, 0.3) is 21.6 Å². The number of fused-ring (bicyclic) bond motifs is 1. The summed E-state index contributed by atoms with van der Waals surface area (Å²) >= 11 is 1.56. The van der Waals surface area contributed by atoms with Crippen molar-refractivity contribution in [1.82, 2.24) is 20.1 Å². The van der Waals surface area contributed by atoms with Crippen LogP contribution >= 0.6 is 11.3 Å². The van der Waals surface area contributed by atoms with Crippen LogP contribution in [-0.2, 0) is 16.1 Å². The molecule has 0 spiro atoms. The molecule has 0 aliphatic rings. The van der Waals surface area contributed by atoms with Crippen molar-refractivity contribution in [3.63, 3.8) is 0 Å². The van der Waals surface area contributed by atoms with Crippen molar-refractivity contribution in [2.24, 2.45) is 0 Å². The molecular weight excluding hydrogens is 412 g/mol. The van der Waals surface area contributed by atoms with Crippen molar-refractivity contribution in [2.45, 2.75) is 25.9 Å². The van der Waals surface area contributed by atoms with Gasteiger partial charge in [-0.05, 0) is 30.0 Å². The maximum absolute atomic E-state index is 13.4. The number of aryl methyl sites for hydroxylation is 1. The summed E-state index contributed by atoms with van der Waals surface area (Å²) in [5, 5.41) is 10.0.